The first kappa shape index (κ1) is 13.3. The molecule has 4 heteroatoms. The molecule has 1 aromatic heterocycles. The molecule has 2 rings (SSSR count). The second-order valence-corrected chi connectivity index (χ2v) is 4.37. The van der Waals surface area contributed by atoms with Gasteiger partial charge in [0.2, 0.25) is 5.88 Å². The lowest BCUT2D eigenvalue weighted by atomic mass is 10.1. The van der Waals surface area contributed by atoms with E-state index in [-0.39, 0.29) is 0 Å². The molecular formula is C15H19N3O. The largest absolute Gasteiger partial charge is 0.481 e. The lowest BCUT2D eigenvalue weighted by Gasteiger charge is -2.08. The first-order chi connectivity index (χ1) is 9.21. The minimum Gasteiger partial charge on any atom is -0.481 e. The van der Waals surface area contributed by atoms with Crippen molar-refractivity contribution in [3.63, 3.8) is 0 Å². The van der Waals surface area contributed by atoms with Crippen molar-refractivity contribution in [2.45, 2.75) is 26.8 Å². The summed E-state index contributed by atoms with van der Waals surface area (Å²) in [5.41, 5.74) is 2.58. The van der Waals surface area contributed by atoms with Gasteiger partial charge < -0.3 is 10.1 Å². The number of aryl methyl sites for hydroxylation is 2. The molecule has 0 unspecified atom stereocenters. The summed E-state index contributed by atoms with van der Waals surface area (Å²) in [6, 6.07) is 10.4. The zero-order valence-corrected chi connectivity index (χ0v) is 11.6. The Morgan fingerprint density at radius 2 is 1.79 bits per heavy atom. The monoisotopic (exact) mass is 257 g/mol. The Morgan fingerprint density at radius 1 is 1.11 bits per heavy atom. The van der Waals surface area contributed by atoms with E-state index in [9.17, 15) is 0 Å². The molecule has 100 valence electrons. The molecule has 0 saturated carbocycles. The number of rotatable bonds is 5. The molecule has 1 heterocycles. The molecule has 19 heavy (non-hydrogen) atoms. The van der Waals surface area contributed by atoms with Gasteiger partial charge >= 0.3 is 0 Å². The molecule has 1 N–H and O–H groups in total. The van der Waals surface area contributed by atoms with Crippen molar-refractivity contribution in [2.75, 3.05) is 12.4 Å². The van der Waals surface area contributed by atoms with Crippen LogP contribution in [0.5, 0.6) is 5.88 Å². The lowest BCUT2D eigenvalue weighted by Crippen LogP contribution is -2.04. The van der Waals surface area contributed by atoms with Gasteiger partial charge in [0.1, 0.15) is 11.6 Å². The van der Waals surface area contributed by atoms with E-state index in [1.54, 1.807) is 13.2 Å². The quantitative estimate of drug-likeness (QED) is 0.894. The number of nitrogens with one attached hydrogen (secondary N) is 1. The van der Waals surface area contributed by atoms with E-state index >= 15 is 0 Å². The van der Waals surface area contributed by atoms with Gasteiger partial charge in [-0.15, -0.1) is 0 Å². The molecule has 0 bridgehead atoms. The third-order valence-corrected chi connectivity index (χ3v) is 2.93. The summed E-state index contributed by atoms with van der Waals surface area (Å²) in [5, 5.41) is 3.28. The highest BCUT2D eigenvalue weighted by Gasteiger charge is 2.01. The van der Waals surface area contributed by atoms with Gasteiger partial charge in [0.15, 0.2) is 0 Å². The van der Waals surface area contributed by atoms with Gasteiger partial charge in [0.05, 0.1) is 7.11 Å². The molecule has 4 nitrogen and oxygen atoms in total. The Bertz CT molecular complexity index is 538. The van der Waals surface area contributed by atoms with Gasteiger partial charge in [-0.3, -0.25) is 0 Å². The zero-order chi connectivity index (χ0) is 13.7. The number of hydrogen-bond acceptors (Lipinski definition) is 4. The fourth-order valence-electron chi connectivity index (χ4n) is 1.82. The van der Waals surface area contributed by atoms with E-state index in [0.717, 1.165) is 18.8 Å². The van der Waals surface area contributed by atoms with Crippen LogP contribution in [-0.4, -0.2) is 17.1 Å². The molecule has 0 aliphatic carbocycles. The van der Waals surface area contributed by atoms with Crippen molar-refractivity contribution in [2.24, 2.45) is 0 Å². The average molecular weight is 257 g/mol. The van der Waals surface area contributed by atoms with E-state index in [0.29, 0.717) is 11.7 Å². The van der Waals surface area contributed by atoms with Crippen LogP contribution in [0.25, 0.3) is 0 Å². The number of aromatic nitrogens is 2. The lowest BCUT2D eigenvalue weighted by molar-refractivity contribution is 0.396. The topological polar surface area (TPSA) is 47.0 Å². The molecule has 0 radical (unpaired) electrons. The van der Waals surface area contributed by atoms with E-state index in [2.05, 4.69) is 46.5 Å². The van der Waals surface area contributed by atoms with Crippen molar-refractivity contribution in [1.82, 2.24) is 9.97 Å². The second-order valence-electron chi connectivity index (χ2n) is 4.37. The van der Waals surface area contributed by atoms with E-state index in [4.69, 9.17) is 4.74 Å². The molecule has 0 aliphatic rings. The first-order valence-corrected chi connectivity index (χ1v) is 6.42. The Morgan fingerprint density at radius 3 is 2.42 bits per heavy atom. The van der Waals surface area contributed by atoms with Crippen molar-refractivity contribution >= 4 is 5.82 Å². The van der Waals surface area contributed by atoms with E-state index < -0.39 is 0 Å². The summed E-state index contributed by atoms with van der Waals surface area (Å²) >= 11 is 0. The van der Waals surface area contributed by atoms with Crippen LogP contribution in [0.2, 0.25) is 0 Å². The highest BCUT2D eigenvalue weighted by atomic mass is 16.5. The zero-order valence-electron chi connectivity index (χ0n) is 11.6. The average Bonchev–Trinajstić information content (AvgIpc) is 2.45. The smallest absolute Gasteiger partial charge is 0.218 e. The van der Waals surface area contributed by atoms with Crippen LogP contribution in [0.4, 0.5) is 5.82 Å². The van der Waals surface area contributed by atoms with Gasteiger partial charge in [0.25, 0.3) is 0 Å². The van der Waals surface area contributed by atoms with Gasteiger partial charge in [-0.1, -0.05) is 31.2 Å². The van der Waals surface area contributed by atoms with Crippen LogP contribution in [0.15, 0.2) is 30.3 Å². The van der Waals surface area contributed by atoms with Crippen molar-refractivity contribution in [1.29, 1.82) is 0 Å². The third kappa shape index (κ3) is 3.68. The van der Waals surface area contributed by atoms with Crippen LogP contribution in [0.3, 0.4) is 0 Å². The Balaban J connectivity index is 2.03. The number of ether oxygens (including phenoxy) is 1. The standard InChI is InChI=1S/C15H19N3O/c1-4-12-5-7-13(8-6-12)10-16-14-9-15(19-3)18-11(2)17-14/h5-9H,4,10H2,1-3H3,(H,16,17,18). The van der Waals surface area contributed by atoms with Crippen LogP contribution in [0, 0.1) is 6.92 Å². The summed E-state index contributed by atoms with van der Waals surface area (Å²) in [7, 11) is 1.61. The molecule has 1 aromatic carbocycles. The number of anilines is 1. The maximum atomic E-state index is 5.13. The Kier molecular flexibility index (Phi) is 4.34. The Hall–Kier alpha value is -2.10. The normalized spacial score (nSPS) is 10.3. The summed E-state index contributed by atoms with van der Waals surface area (Å²) in [4.78, 5) is 8.49. The van der Waals surface area contributed by atoms with Gasteiger partial charge in [-0.25, -0.2) is 4.98 Å². The minimum absolute atomic E-state index is 0.580. The van der Waals surface area contributed by atoms with E-state index in [1.165, 1.54) is 11.1 Å². The minimum atomic E-state index is 0.580. The van der Waals surface area contributed by atoms with Crippen LogP contribution >= 0.6 is 0 Å². The summed E-state index contributed by atoms with van der Waals surface area (Å²) in [6.45, 7) is 4.75. The second kappa shape index (κ2) is 6.18. The molecule has 0 spiro atoms. The van der Waals surface area contributed by atoms with Crippen molar-refractivity contribution in [3.8, 4) is 5.88 Å². The molecular weight excluding hydrogens is 238 g/mol. The predicted octanol–water partition coefficient (Wildman–Crippen LogP) is 2.97. The maximum Gasteiger partial charge on any atom is 0.218 e. The predicted molar refractivity (Wildman–Crippen MR) is 76.5 cm³/mol. The SMILES string of the molecule is CCc1ccc(CNc2cc(OC)nc(C)n2)cc1. The van der Waals surface area contributed by atoms with E-state index in [1.807, 2.05) is 6.92 Å². The Labute approximate surface area is 113 Å². The molecule has 0 fully saturated rings. The number of hydrogen-bond donors (Lipinski definition) is 1. The van der Waals surface area contributed by atoms with Crippen LogP contribution in [-0.2, 0) is 13.0 Å². The number of benzene rings is 1. The number of nitrogens with zero attached hydrogens (tertiary/aromatic N) is 2. The van der Waals surface area contributed by atoms with Crippen molar-refractivity contribution in [3.05, 3.63) is 47.3 Å². The maximum absolute atomic E-state index is 5.13. The van der Waals surface area contributed by atoms with Crippen LogP contribution < -0.4 is 10.1 Å². The van der Waals surface area contributed by atoms with Gasteiger partial charge in [-0.2, -0.15) is 4.98 Å². The highest BCUT2D eigenvalue weighted by Crippen LogP contribution is 2.14. The summed E-state index contributed by atoms with van der Waals surface area (Å²) in [6.07, 6.45) is 1.07. The fourth-order valence-corrected chi connectivity index (χ4v) is 1.82. The molecule has 0 saturated heterocycles. The molecule has 2 aromatic rings. The fraction of sp³-hybridized carbons (Fsp3) is 0.333. The highest BCUT2D eigenvalue weighted by molar-refractivity contribution is 5.39. The van der Waals surface area contributed by atoms with Gasteiger partial charge in [-0.05, 0) is 24.5 Å². The van der Waals surface area contributed by atoms with Crippen LogP contribution in [0.1, 0.15) is 23.9 Å². The summed E-state index contributed by atoms with van der Waals surface area (Å²) < 4.78 is 5.13. The summed E-state index contributed by atoms with van der Waals surface area (Å²) in [5.74, 6) is 2.06. The molecule has 0 amide bonds. The third-order valence-electron chi connectivity index (χ3n) is 2.93. The number of methoxy groups -OCH3 is 1. The molecule has 0 atom stereocenters. The van der Waals surface area contributed by atoms with Crippen molar-refractivity contribution < 1.29 is 4.74 Å². The van der Waals surface area contributed by atoms with Gasteiger partial charge in [0, 0.05) is 12.6 Å². The first-order valence-electron chi connectivity index (χ1n) is 6.42. The molecule has 0 aliphatic heterocycles.